The molecule has 7 nitrogen and oxygen atoms in total. The minimum absolute atomic E-state index is 0.0305. The number of hydrogen-bond acceptors (Lipinski definition) is 6. The van der Waals surface area contributed by atoms with Gasteiger partial charge in [0.05, 0.1) is 18.1 Å². The molecule has 3 fully saturated rings. The molecule has 0 aromatic carbocycles. The summed E-state index contributed by atoms with van der Waals surface area (Å²) in [6.07, 6.45) is 4.13. The van der Waals surface area contributed by atoms with Gasteiger partial charge in [-0.25, -0.2) is 0 Å². The summed E-state index contributed by atoms with van der Waals surface area (Å²) in [6, 6.07) is -0.379. The van der Waals surface area contributed by atoms with Gasteiger partial charge in [0.1, 0.15) is 24.8 Å². The summed E-state index contributed by atoms with van der Waals surface area (Å²) in [4.78, 5) is 0. The molecule has 5 aliphatic rings. The van der Waals surface area contributed by atoms with Gasteiger partial charge in [0.15, 0.2) is 5.79 Å². The lowest BCUT2D eigenvalue weighted by molar-refractivity contribution is -0.971. The molecule has 4 aliphatic carbocycles. The van der Waals surface area contributed by atoms with Crippen molar-refractivity contribution in [3.05, 3.63) is 23.3 Å². The van der Waals surface area contributed by atoms with Crippen LogP contribution in [0.15, 0.2) is 23.3 Å². The highest BCUT2D eigenvalue weighted by Gasteiger charge is 2.76. The van der Waals surface area contributed by atoms with E-state index in [1.54, 1.807) is 0 Å². The molecule has 0 amide bonds. The first-order valence-corrected chi connectivity index (χ1v) is 12.2. The Morgan fingerprint density at radius 3 is 2.56 bits per heavy atom. The van der Waals surface area contributed by atoms with Crippen LogP contribution in [-0.4, -0.2) is 60.6 Å². The molecular weight excluding hydrogens is 406 g/mol. The highest BCUT2D eigenvalue weighted by Crippen LogP contribution is 2.73. The van der Waals surface area contributed by atoms with Gasteiger partial charge in [-0.15, -0.1) is 5.43 Å². The first-order chi connectivity index (χ1) is 14.8. The Morgan fingerprint density at radius 2 is 1.91 bits per heavy atom. The van der Waals surface area contributed by atoms with Crippen LogP contribution in [0.1, 0.15) is 48.0 Å². The van der Waals surface area contributed by atoms with Crippen LogP contribution in [0.4, 0.5) is 0 Å². The summed E-state index contributed by atoms with van der Waals surface area (Å²) in [5, 5.41) is 26.0. The fourth-order valence-corrected chi connectivity index (χ4v) is 7.98. The Hall–Kier alpha value is -0.800. The molecule has 32 heavy (non-hydrogen) atoms. The lowest BCUT2D eigenvalue weighted by atomic mass is 9.57. The zero-order chi connectivity index (χ0) is 23.4. The van der Waals surface area contributed by atoms with Gasteiger partial charge in [-0.2, -0.15) is 10.5 Å². The lowest BCUT2D eigenvalue weighted by Gasteiger charge is -2.55. The van der Waals surface area contributed by atoms with Crippen LogP contribution in [-0.2, 0) is 9.47 Å². The van der Waals surface area contributed by atoms with E-state index in [4.69, 9.17) is 9.47 Å². The minimum atomic E-state index is -1.35. The maximum absolute atomic E-state index is 13.0. The molecule has 5 N–H and O–H groups in total. The number of fused-ring (bicyclic) bond motifs is 5. The second-order valence-corrected chi connectivity index (χ2v) is 12.1. The molecule has 5 rings (SSSR count). The molecule has 0 aromatic heterocycles. The van der Waals surface area contributed by atoms with Gasteiger partial charge in [0.2, 0.25) is 0 Å². The molecular formula is C25H42N3O4+. The van der Waals surface area contributed by atoms with Crippen molar-refractivity contribution in [1.29, 1.82) is 0 Å². The molecule has 10 atom stereocenters. The fourth-order valence-electron chi connectivity index (χ4n) is 7.98. The predicted molar refractivity (Wildman–Crippen MR) is 121 cm³/mol. The Balaban J connectivity index is 1.73. The van der Waals surface area contributed by atoms with Gasteiger partial charge in [-0.1, -0.05) is 38.5 Å². The van der Waals surface area contributed by atoms with E-state index in [0.717, 1.165) is 22.7 Å². The highest BCUT2D eigenvalue weighted by molar-refractivity contribution is 5.44. The van der Waals surface area contributed by atoms with Crippen LogP contribution >= 0.6 is 0 Å². The predicted octanol–water partition coefficient (Wildman–Crippen LogP) is 0.567. The minimum Gasteiger partial charge on any atom is -0.391 e. The first-order valence-electron chi connectivity index (χ1n) is 12.2. The third kappa shape index (κ3) is 2.73. The van der Waals surface area contributed by atoms with E-state index in [9.17, 15) is 10.2 Å². The number of hydrogen-bond donors (Lipinski definition) is 5. The lowest BCUT2D eigenvalue weighted by Crippen LogP contribution is -3.23. The number of aliphatic hydroxyl groups excluding tert-OH is 1. The zero-order valence-electron chi connectivity index (χ0n) is 20.8. The molecule has 180 valence electrons. The van der Waals surface area contributed by atoms with Crippen LogP contribution in [0.5, 0.6) is 0 Å². The standard InChI is InChI=1S/C25H41N3O4/c1-13-11-24-14(2)9-17-18(22(17,3)4)16(20(24)29)10-15-12-31-23(5,6)32-21(15)25(24,30)19(13)27-28(8)26-7/h10-11,14,16-21,26-27,29-30H,9,12H2,1-8H3/p+1/t14-,16+,17-,18+,19+,20?,21-,24+,25-/m1/s1. The summed E-state index contributed by atoms with van der Waals surface area (Å²) in [5.74, 6) is 0.197. The molecule has 2 unspecified atom stereocenters. The Labute approximate surface area is 192 Å². The number of ether oxygens (including phenoxy) is 2. The fraction of sp³-hybridized carbons (Fsp3) is 0.840. The first kappa shape index (κ1) is 23.0. The average Bonchev–Trinajstić information content (AvgIpc) is 3.20. The molecule has 0 radical (unpaired) electrons. The van der Waals surface area contributed by atoms with Crippen molar-refractivity contribution in [2.45, 2.75) is 77.6 Å². The summed E-state index contributed by atoms with van der Waals surface area (Å²) in [6.45, 7) is 13.2. The highest BCUT2D eigenvalue weighted by atomic mass is 16.7. The van der Waals surface area contributed by atoms with Crippen LogP contribution in [0.2, 0.25) is 0 Å². The molecule has 2 saturated carbocycles. The van der Waals surface area contributed by atoms with E-state index in [-0.39, 0.29) is 23.3 Å². The van der Waals surface area contributed by atoms with Gasteiger partial charge < -0.3 is 19.7 Å². The zero-order valence-corrected chi connectivity index (χ0v) is 20.8. The topological polar surface area (TPSA) is 87.4 Å². The molecule has 1 saturated heterocycles. The largest absolute Gasteiger partial charge is 0.391 e. The van der Waals surface area contributed by atoms with Gasteiger partial charge in [0, 0.05) is 13.0 Å². The third-order valence-corrected chi connectivity index (χ3v) is 9.75. The van der Waals surface area contributed by atoms with Gasteiger partial charge in [0.25, 0.3) is 0 Å². The summed E-state index contributed by atoms with van der Waals surface area (Å²) < 4.78 is 12.6. The maximum atomic E-state index is 13.0. The number of nitrogens with one attached hydrogen (secondary N) is 3. The third-order valence-electron chi connectivity index (χ3n) is 9.75. The second kappa shape index (κ2) is 6.87. The SMILES string of the molecule is CN[NH+](C)N[C@H]1C(C)=C[C@]23C(O)[C@@H](C=C4COC(C)(C)O[C@H]4[C@]12O)[C@H]1[C@@H](C[C@H]3C)C1(C)C. The van der Waals surface area contributed by atoms with Crippen molar-refractivity contribution in [2.24, 2.45) is 34.5 Å². The van der Waals surface area contributed by atoms with Gasteiger partial charge in [-0.05, 0) is 55.9 Å². The molecule has 7 heteroatoms. The molecule has 1 spiro atoms. The second-order valence-electron chi connectivity index (χ2n) is 12.1. The van der Waals surface area contributed by atoms with Gasteiger partial charge >= 0.3 is 0 Å². The molecule has 0 aromatic rings. The maximum Gasteiger partial charge on any atom is 0.164 e. The molecule has 1 heterocycles. The van der Waals surface area contributed by atoms with Crippen molar-refractivity contribution in [3.63, 3.8) is 0 Å². The summed E-state index contributed by atoms with van der Waals surface area (Å²) in [7, 11) is 3.84. The molecule has 1 aliphatic heterocycles. The quantitative estimate of drug-likeness (QED) is 0.321. The van der Waals surface area contributed by atoms with Crippen molar-refractivity contribution >= 4 is 0 Å². The Kier molecular flexibility index (Phi) is 4.93. The van der Waals surface area contributed by atoms with E-state index in [0.29, 0.717) is 18.4 Å². The van der Waals surface area contributed by atoms with E-state index >= 15 is 0 Å². The van der Waals surface area contributed by atoms with Gasteiger partial charge in [-0.3, -0.25) is 0 Å². The van der Waals surface area contributed by atoms with E-state index < -0.39 is 29.0 Å². The monoisotopic (exact) mass is 448 g/mol. The summed E-state index contributed by atoms with van der Waals surface area (Å²) >= 11 is 0. The van der Waals surface area contributed by atoms with Crippen molar-refractivity contribution in [3.8, 4) is 0 Å². The summed E-state index contributed by atoms with van der Waals surface area (Å²) in [5.41, 5.74) is 6.74. The number of quaternary nitrogens is 1. The number of aliphatic hydroxyl groups is 2. The van der Waals surface area contributed by atoms with Crippen LogP contribution in [0.25, 0.3) is 0 Å². The van der Waals surface area contributed by atoms with E-state index in [2.05, 4.69) is 50.7 Å². The smallest absolute Gasteiger partial charge is 0.164 e. The Morgan fingerprint density at radius 1 is 1.22 bits per heavy atom. The average molecular weight is 449 g/mol. The normalized spacial score (nSPS) is 51.2. The molecule has 2 bridgehead atoms. The number of rotatable bonds is 3. The van der Waals surface area contributed by atoms with Crippen molar-refractivity contribution in [2.75, 3.05) is 20.7 Å². The van der Waals surface area contributed by atoms with E-state index in [1.807, 2.05) is 27.9 Å². The van der Waals surface area contributed by atoms with Crippen LogP contribution < -0.4 is 16.0 Å². The van der Waals surface area contributed by atoms with Crippen molar-refractivity contribution in [1.82, 2.24) is 10.9 Å². The van der Waals surface area contributed by atoms with E-state index in [1.165, 1.54) is 0 Å². The Bertz CT molecular complexity index is 869. The van der Waals surface area contributed by atoms with Crippen molar-refractivity contribution < 1.29 is 24.8 Å². The van der Waals surface area contributed by atoms with Crippen LogP contribution in [0, 0.1) is 34.5 Å². The van der Waals surface area contributed by atoms with Crippen LogP contribution in [0.3, 0.4) is 0 Å².